The van der Waals surface area contributed by atoms with E-state index in [1.165, 1.54) is 0 Å². The zero-order chi connectivity index (χ0) is 18.0. The van der Waals surface area contributed by atoms with Crippen LogP contribution in [0.3, 0.4) is 0 Å². The Morgan fingerprint density at radius 1 is 1.08 bits per heavy atom. The van der Waals surface area contributed by atoms with Gasteiger partial charge in [0.15, 0.2) is 0 Å². The highest BCUT2D eigenvalue weighted by molar-refractivity contribution is 5.94. The van der Waals surface area contributed by atoms with E-state index < -0.39 is 0 Å². The minimum absolute atomic E-state index is 0.0146. The number of aryl methyl sites for hydroxylation is 1. The lowest BCUT2D eigenvalue weighted by Crippen LogP contribution is -2.46. The molecular formula is C20H28N2O3. The number of piperidine rings is 1. The number of nitrogens with zero attached hydrogens (tertiary/aromatic N) is 2. The molecule has 0 aromatic heterocycles. The molecule has 2 heterocycles. The van der Waals surface area contributed by atoms with Crippen molar-refractivity contribution in [1.82, 2.24) is 9.80 Å². The zero-order valence-corrected chi connectivity index (χ0v) is 15.1. The van der Waals surface area contributed by atoms with Crippen molar-refractivity contribution in [2.75, 3.05) is 26.2 Å². The molecule has 0 saturated carbocycles. The highest BCUT2D eigenvalue weighted by atomic mass is 16.3. The molecule has 1 N–H and O–H groups in total. The van der Waals surface area contributed by atoms with E-state index in [0.29, 0.717) is 25.2 Å². The van der Waals surface area contributed by atoms with Crippen LogP contribution in [-0.2, 0) is 4.79 Å². The van der Waals surface area contributed by atoms with Crippen LogP contribution in [0, 0.1) is 18.8 Å². The molecule has 5 heteroatoms. The fraction of sp³-hybridized carbons (Fsp3) is 0.600. The summed E-state index contributed by atoms with van der Waals surface area (Å²) in [5, 5.41) is 9.73. The van der Waals surface area contributed by atoms with Gasteiger partial charge in [-0.05, 0) is 45.2 Å². The molecule has 2 saturated heterocycles. The summed E-state index contributed by atoms with van der Waals surface area (Å²) in [5.41, 5.74) is 1.82. The Bertz CT molecular complexity index is 626. The van der Waals surface area contributed by atoms with Gasteiger partial charge in [-0.15, -0.1) is 0 Å². The largest absolute Gasteiger partial charge is 0.393 e. The van der Waals surface area contributed by atoms with Crippen LogP contribution in [0.1, 0.15) is 42.1 Å². The van der Waals surface area contributed by atoms with Gasteiger partial charge in [0, 0.05) is 37.7 Å². The highest BCUT2D eigenvalue weighted by Gasteiger charge is 2.35. The first kappa shape index (κ1) is 17.9. The number of hydrogen-bond donors (Lipinski definition) is 1. The van der Waals surface area contributed by atoms with Crippen LogP contribution in [0.25, 0.3) is 0 Å². The van der Waals surface area contributed by atoms with Crippen LogP contribution in [0.4, 0.5) is 0 Å². The predicted octanol–water partition coefficient (Wildman–Crippen LogP) is 2.08. The van der Waals surface area contributed by atoms with Crippen molar-refractivity contribution < 1.29 is 14.7 Å². The summed E-state index contributed by atoms with van der Waals surface area (Å²) in [6, 6.07) is 7.61. The number of hydrogen-bond acceptors (Lipinski definition) is 3. The van der Waals surface area contributed by atoms with Gasteiger partial charge in [-0.25, -0.2) is 0 Å². The van der Waals surface area contributed by atoms with Crippen LogP contribution in [-0.4, -0.2) is 59.0 Å². The molecule has 25 heavy (non-hydrogen) atoms. The van der Waals surface area contributed by atoms with Gasteiger partial charge in [-0.1, -0.05) is 17.7 Å². The van der Waals surface area contributed by atoms with E-state index in [-0.39, 0.29) is 29.8 Å². The SMILES string of the molecule is Cc1ccc(C(=O)N2CCCC(C(=O)N3CCC(C(C)O)C3)C2)cc1. The third kappa shape index (κ3) is 4.03. The Morgan fingerprint density at radius 3 is 2.44 bits per heavy atom. The number of benzene rings is 1. The molecular weight excluding hydrogens is 316 g/mol. The second-order valence-corrected chi connectivity index (χ2v) is 7.53. The molecule has 2 aliphatic rings. The first-order chi connectivity index (χ1) is 12.0. The highest BCUT2D eigenvalue weighted by Crippen LogP contribution is 2.25. The smallest absolute Gasteiger partial charge is 0.253 e. The van der Waals surface area contributed by atoms with Crippen LogP contribution in [0.2, 0.25) is 0 Å². The van der Waals surface area contributed by atoms with Crippen molar-refractivity contribution in [1.29, 1.82) is 0 Å². The van der Waals surface area contributed by atoms with E-state index in [2.05, 4.69) is 0 Å². The molecule has 3 rings (SSSR count). The maximum atomic E-state index is 12.8. The maximum Gasteiger partial charge on any atom is 0.253 e. The van der Waals surface area contributed by atoms with Crippen LogP contribution in [0.5, 0.6) is 0 Å². The number of aliphatic hydroxyl groups is 1. The normalized spacial score (nSPS) is 25.1. The zero-order valence-electron chi connectivity index (χ0n) is 15.1. The lowest BCUT2D eigenvalue weighted by atomic mass is 9.95. The van der Waals surface area contributed by atoms with Gasteiger partial charge in [0.1, 0.15) is 0 Å². The number of aliphatic hydroxyl groups excluding tert-OH is 1. The second kappa shape index (κ2) is 7.56. The summed E-state index contributed by atoms with van der Waals surface area (Å²) in [7, 11) is 0. The molecule has 2 fully saturated rings. The van der Waals surface area contributed by atoms with Gasteiger partial charge in [-0.3, -0.25) is 9.59 Å². The Balaban J connectivity index is 1.62. The van der Waals surface area contributed by atoms with Crippen LogP contribution in [0.15, 0.2) is 24.3 Å². The Labute approximate surface area is 149 Å². The fourth-order valence-electron chi connectivity index (χ4n) is 3.88. The summed E-state index contributed by atoms with van der Waals surface area (Å²) >= 11 is 0. The third-order valence-electron chi connectivity index (χ3n) is 5.57. The molecule has 0 spiro atoms. The average Bonchev–Trinajstić information content (AvgIpc) is 3.12. The summed E-state index contributed by atoms with van der Waals surface area (Å²) in [5.74, 6) is 0.221. The molecule has 0 aliphatic carbocycles. The molecule has 1 aromatic rings. The van der Waals surface area contributed by atoms with E-state index in [1.54, 1.807) is 6.92 Å². The molecule has 2 amide bonds. The first-order valence-corrected chi connectivity index (χ1v) is 9.28. The number of carbonyl (C=O) groups excluding carboxylic acids is 2. The minimum Gasteiger partial charge on any atom is -0.393 e. The Kier molecular flexibility index (Phi) is 5.42. The third-order valence-corrected chi connectivity index (χ3v) is 5.57. The van der Waals surface area contributed by atoms with Gasteiger partial charge in [-0.2, -0.15) is 0 Å². The fourth-order valence-corrected chi connectivity index (χ4v) is 3.88. The number of amides is 2. The van der Waals surface area contributed by atoms with Crippen LogP contribution >= 0.6 is 0 Å². The molecule has 0 bridgehead atoms. The van der Waals surface area contributed by atoms with Crippen LogP contribution < -0.4 is 0 Å². The van der Waals surface area contributed by atoms with E-state index in [1.807, 2.05) is 41.0 Å². The maximum absolute atomic E-state index is 12.8. The quantitative estimate of drug-likeness (QED) is 0.913. The summed E-state index contributed by atoms with van der Waals surface area (Å²) in [6.07, 6.45) is 2.19. The first-order valence-electron chi connectivity index (χ1n) is 9.28. The van der Waals surface area contributed by atoms with Gasteiger partial charge in [0.25, 0.3) is 5.91 Å². The minimum atomic E-state index is -0.372. The Morgan fingerprint density at radius 2 is 1.80 bits per heavy atom. The van der Waals surface area contributed by atoms with E-state index in [9.17, 15) is 14.7 Å². The monoisotopic (exact) mass is 344 g/mol. The van der Waals surface area contributed by atoms with Gasteiger partial charge in [0.05, 0.1) is 12.0 Å². The number of rotatable bonds is 3. The molecule has 5 nitrogen and oxygen atoms in total. The predicted molar refractivity (Wildman–Crippen MR) is 96.2 cm³/mol. The van der Waals surface area contributed by atoms with Gasteiger partial charge >= 0.3 is 0 Å². The standard InChI is InChI=1S/C20H28N2O3/c1-14-5-7-16(8-6-14)19(24)21-10-3-4-18(13-21)20(25)22-11-9-17(12-22)15(2)23/h5-8,15,17-18,23H,3-4,9-13H2,1-2H3. The summed E-state index contributed by atoms with van der Waals surface area (Å²) < 4.78 is 0. The molecule has 0 radical (unpaired) electrons. The average molecular weight is 344 g/mol. The summed E-state index contributed by atoms with van der Waals surface area (Å²) in [4.78, 5) is 29.2. The summed E-state index contributed by atoms with van der Waals surface area (Å²) in [6.45, 7) is 6.37. The molecule has 1 aromatic carbocycles. The molecule has 136 valence electrons. The molecule has 2 aliphatic heterocycles. The number of likely N-dealkylation sites (tertiary alicyclic amines) is 2. The van der Waals surface area contributed by atoms with Crippen molar-refractivity contribution in [3.05, 3.63) is 35.4 Å². The lowest BCUT2D eigenvalue weighted by Gasteiger charge is -2.34. The number of carbonyl (C=O) groups is 2. The Hall–Kier alpha value is -1.88. The topological polar surface area (TPSA) is 60.9 Å². The lowest BCUT2D eigenvalue weighted by molar-refractivity contribution is -0.136. The second-order valence-electron chi connectivity index (χ2n) is 7.53. The van der Waals surface area contributed by atoms with E-state index >= 15 is 0 Å². The van der Waals surface area contributed by atoms with Crippen molar-refractivity contribution in [3.63, 3.8) is 0 Å². The van der Waals surface area contributed by atoms with Gasteiger partial charge in [0.2, 0.25) is 5.91 Å². The van der Waals surface area contributed by atoms with E-state index in [0.717, 1.165) is 31.4 Å². The van der Waals surface area contributed by atoms with E-state index in [4.69, 9.17) is 0 Å². The van der Waals surface area contributed by atoms with Crippen molar-refractivity contribution >= 4 is 11.8 Å². The molecule has 3 atom stereocenters. The van der Waals surface area contributed by atoms with Crippen molar-refractivity contribution in [3.8, 4) is 0 Å². The van der Waals surface area contributed by atoms with Gasteiger partial charge < -0.3 is 14.9 Å². The van der Waals surface area contributed by atoms with Crippen molar-refractivity contribution in [2.24, 2.45) is 11.8 Å². The molecule has 3 unspecified atom stereocenters. The van der Waals surface area contributed by atoms with Crippen molar-refractivity contribution in [2.45, 2.75) is 39.2 Å².